The van der Waals surface area contributed by atoms with E-state index >= 15 is 0 Å². The van der Waals surface area contributed by atoms with Gasteiger partial charge in [-0.2, -0.15) is 0 Å². The van der Waals surface area contributed by atoms with Gasteiger partial charge >= 0.3 is 6.09 Å². The summed E-state index contributed by atoms with van der Waals surface area (Å²) >= 11 is 6.14. The van der Waals surface area contributed by atoms with Crippen LogP contribution in [-0.4, -0.2) is 24.8 Å². The van der Waals surface area contributed by atoms with Crippen LogP contribution < -0.4 is 10.2 Å². The van der Waals surface area contributed by atoms with Crippen LogP contribution in [-0.2, 0) is 4.74 Å². The van der Waals surface area contributed by atoms with Crippen molar-refractivity contribution in [3.63, 3.8) is 0 Å². The standard InChI is InChI=1S/C16H21ClN2O2/c1-16(2,3)21-15(20)19-9-10-6-7-18-14(10)12-8-11(17)4-5-13(12)19/h4-5,8,10,14,18H,6-7,9H2,1-3H3. The zero-order valence-electron chi connectivity index (χ0n) is 12.6. The first-order chi connectivity index (χ1) is 9.85. The second kappa shape index (κ2) is 5.18. The molecule has 2 atom stereocenters. The summed E-state index contributed by atoms with van der Waals surface area (Å²) in [4.78, 5) is 14.3. The second-order valence-corrected chi connectivity index (χ2v) is 7.21. The second-order valence-electron chi connectivity index (χ2n) is 6.77. The van der Waals surface area contributed by atoms with Gasteiger partial charge in [-0.15, -0.1) is 0 Å². The Morgan fingerprint density at radius 1 is 1.43 bits per heavy atom. The van der Waals surface area contributed by atoms with E-state index in [1.165, 1.54) is 0 Å². The van der Waals surface area contributed by atoms with Gasteiger partial charge < -0.3 is 10.1 Å². The molecule has 3 rings (SSSR count). The lowest BCUT2D eigenvalue weighted by atomic mass is 9.88. The molecule has 1 fully saturated rings. The van der Waals surface area contributed by atoms with Gasteiger partial charge in [0.1, 0.15) is 5.60 Å². The molecule has 1 saturated heterocycles. The number of fused-ring (bicyclic) bond motifs is 3. The van der Waals surface area contributed by atoms with Crippen molar-refractivity contribution in [1.82, 2.24) is 5.32 Å². The van der Waals surface area contributed by atoms with Crippen LogP contribution >= 0.6 is 11.6 Å². The molecule has 0 spiro atoms. The maximum atomic E-state index is 12.5. The van der Waals surface area contributed by atoms with E-state index in [9.17, 15) is 4.79 Å². The number of carbonyl (C=O) groups is 1. The van der Waals surface area contributed by atoms with E-state index in [1.54, 1.807) is 4.90 Å². The summed E-state index contributed by atoms with van der Waals surface area (Å²) in [6.07, 6.45) is 0.784. The lowest BCUT2D eigenvalue weighted by Crippen LogP contribution is -2.44. The minimum absolute atomic E-state index is 0.281. The molecule has 4 nitrogen and oxygen atoms in total. The maximum absolute atomic E-state index is 12.5. The Kier molecular flexibility index (Phi) is 3.62. The van der Waals surface area contributed by atoms with Gasteiger partial charge in [-0.1, -0.05) is 11.6 Å². The largest absolute Gasteiger partial charge is 0.443 e. The highest BCUT2D eigenvalue weighted by atomic mass is 35.5. The number of ether oxygens (including phenoxy) is 1. The van der Waals surface area contributed by atoms with E-state index in [2.05, 4.69) is 5.32 Å². The Balaban J connectivity index is 1.96. The van der Waals surface area contributed by atoms with Crippen molar-refractivity contribution >= 4 is 23.4 Å². The summed E-state index contributed by atoms with van der Waals surface area (Å²) < 4.78 is 5.55. The van der Waals surface area contributed by atoms with Crippen molar-refractivity contribution in [3.05, 3.63) is 28.8 Å². The molecule has 2 unspecified atom stereocenters. The number of anilines is 1. The average Bonchev–Trinajstić information content (AvgIpc) is 2.83. The number of hydrogen-bond acceptors (Lipinski definition) is 3. The third-order valence-electron chi connectivity index (χ3n) is 4.00. The number of nitrogens with zero attached hydrogens (tertiary/aromatic N) is 1. The molecular weight excluding hydrogens is 288 g/mol. The number of amides is 1. The number of carbonyl (C=O) groups excluding carboxylic acids is 1. The van der Waals surface area contributed by atoms with Crippen LogP contribution in [0.1, 0.15) is 38.8 Å². The molecule has 2 aliphatic rings. The van der Waals surface area contributed by atoms with Gasteiger partial charge in [0.05, 0.1) is 5.69 Å². The van der Waals surface area contributed by atoms with Crippen molar-refractivity contribution in [2.75, 3.05) is 18.0 Å². The fraction of sp³-hybridized carbons (Fsp3) is 0.562. The summed E-state index contributed by atoms with van der Waals surface area (Å²) in [6, 6.07) is 5.99. The van der Waals surface area contributed by atoms with E-state index in [0.717, 1.165) is 24.2 Å². The average molecular weight is 309 g/mol. The van der Waals surface area contributed by atoms with Crippen LogP contribution in [0, 0.1) is 5.92 Å². The number of hydrogen-bond donors (Lipinski definition) is 1. The molecule has 2 heterocycles. The van der Waals surface area contributed by atoms with Crippen LogP contribution in [0.4, 0.5) is 10.5 Å². The third-order valence-corrected chi connectivity index (χ3v) is 4.23. The molecule has 1 aromatic carbocycles. The van der Waals surface area contributed by atoms with Crippen LogP contribution in [0.25, 0.3) is 0 Å². The van der Waals surface area contributed by atoms with Crippen LogP contribution in [0.3, 0.4) is 0 Å². The van der Waals surface area contributed by atoms with Crippen LogP contribution in [0.2, 0.25) is 5.02 Å². The van der Waals surface area contributed by atoms with Crippen LogP contribution in [0.5, 0.6) is 0 Å². The Hall–Kier alpha value is -1.26. The van der Waals surface area contributed by atoms with Gasteiger partial charge in [0.25, 0.3) is 0 Å². The van der Waals surface area contributed by atoms with Gasteiger partial charge in [-0.25, -0.2) is 4.79 Å². The molecule has 1 amide bonds. The van der Waals surface area contributed by atoms with Crippen molar-refractivity contribution in [2.24, 2.45) is 5.92 Å². The zero-order chi connectivity index (χ0) is 15.2. The number of rotatable bonds is 0. The highest BCUT2D eigenvalue weighted by Gasteiger charge is 2.39. The van der Waals surface area contributed by atoms with Gasteiger partial charge in [0.2, 0.25) is 0 Å². The van der Waals surface area contributed by atoms with E-state index < -0.39 is 5.60 Å². The molecule has 1 aromatic rings. The smallest absolute Gasteiger partial charge is 0.414 e. The van der Waals surface area contributed by atoms with E-state index in [0.29, 0.717) is 17.5 Å². The Morgan fingerprint density at radius 2 is 2.19 bits per heavy atom. The molecule has 1 N–H and O–H groups in total. The Labute approximate surface area is 130 Å². The normalized spacial score (nSPS) is 24.5. The fourth-order valence-corrected chi connectivity index (χ4v) is 3.34. The minimum Gasteiger partial charge on any atom is -0.443 e. The molecule has 0 bridgehead atoms. The van der Waals surface area contributed by atoms with E-state index in [4.69, 9.17) is 16.3 Å². The van der Waals surface area contributed by atoms with Crippen molar-refractivity contribution in [2.45, 2.75) is 38.8 Å². The summed E-state index contributed by atoms with van der Waals surface area (Å²) in [7, 11) is 0. The van der Waals surface area contributed by atoms with Crippen LogP contribution in [0.15, 0.2) is 18.2 Å². The van der Waals surface area contributed by atoms with Crippen molar-refractivity contribution in [3.8, 4) is 0 Å². The molecule has 0 radical (unpaired) electrons. The molecule has 0 saturated carbocycles. The zero-order valence-corrected chi connectivity index (χ0v) is 13.4. The fourth-order valence-electron chi connectivity index (χ4n) is 3.16. The highest BCUT2D eigenvalue weighted by Crippen LogP contribution is 2.42. The lowest BCUT2D eigenvalue weighted by molar-refractivity contribution is 0.0569. The Bertz CT molecular complexity index is 568. The van der Waals surface area contributed by atoms with Gasteiger partial charge in [0.15, 0.2) is 0 Å². The van der Waals surface area contributed by atoms with E-state index in [-0.39, 0.29) is 12.1 Å². The predicted octanol–water partition coefficient (Wildman–Crippen LogP) is 3.75. The van der Waals surface area contributed by atoms with E-state index in [1.807, 2.05) is 39.0 Å². The molecule has 21 heavy (non-hydrogen) atoms. The molecule has 0 aromatic heterocycles. The first-order valence-electron chi connectivity index (χ1n) is 7.38. The monoisotopic (exact) mass is 308 g/mol. The summed E-state index contributed by atoms with van der Waals surface area (Å²) in [5, 5.41) is 4.21. The quantitative estimate of drug-likeness (QED) is 0.793. The Morgan fingerprint density at radius 3 is 2.90 bits per heavy atom. The first kappa shape index (κ1) is 14.7. The predicted molar refractivity (Wildman–Crippen MR) is 83.9 cm³/mol. The molecule has 114 valence electrons. The molecule has 5 heteroatoms. The van der Waals surface area contributed by atoms with Gasteiger partial charge in [-0.3, -0.25) is 4.90 Å². The SMILES string of the molecule is CC(C)(C)OC(=O)N1CC2CCNC2c2cc(Cl)ccc21. The molecular formula is C16H21ClN2O2. The highest BCUT2D eigenvalue weighted by molar-refractivity contribution is 6.30. The lowest BCUT2D eigenvalue weighted by Gasteiger charge is -2.37. The number of halogens is 1. The maximum Gasteiger partial charge on any atom is 0.414 e. The number of nitrogens with one attached hydrogen (secondary N) is 1. The first-order valence-corrected chi connectivity index (χ1v) is 7.76. The molecule has 0 aliphatic carbocycles. The van der Waals surface area contributed by atoms with Gasteiger partial charge in [0, 0.05) is 17.6 Å². The topological polar surface area (TPSA) is 41.6 Å². The van der Waals surface area contributed by atoms with Crippen molar-refractivity contribution < 1.29 is 9.53 Å². The van der Waals surface area contributed by atoms with Gasteiger partial charge in [-0.05, 0) is 63.4 Å². The summed E-state index contributed by atoms with van der Waals surface area (Å²) in [6.45, 7) is 7.33. The number of benzene rings is 1. The van der Waals surface area contributed by atoms with Crippen molar-refractivity contribution in [1.29, 1.82) is 0 Å². The molecule has 2 aliphatic heterocycles. The third kappa shape index (κ3) is 2.87. The minimum atomic E-state index is -0.492. The summed E-state index contributed by atoms with van der Waals surface area (Å²) in [5.41, 5.74) is 1.51. The summed E-state index contributed by atoms with van der Waals surface area (Å²) in [5.74, 6) is 0.420.